The molecule has 102 valence electrons. The molecule has 4 nitrogen and oxygen atoms in total. The molecular formula is C16H14O4. The molecule has 0 amide bonds. The summed E-state index contributed by atoms with van der Waals surface area (Å²) in [6, 6.07) is 13.5. The van der Waals surface area contributed by atoms with E-state index < -0.39 is 0 Å². The van der Waals surface area contributed by atoms with Crippen LogP contribution >= 0.6 is 0 Å². The van der Waals surface area contributed by atoms with Gasteiger partial charge in [0, 0.05) is 10.8 Å². The van der Waals surface area contributed by atoms with Crippen LogP contribution in [0.1, 0.15) is 6.42 Å². The summed E-state index contributed by atoms with van der Waals surface area (Å²) >= 11 is 0. The second kappa shape index (κ2) is 5.25. The summed E-state index contributed by atoms with van der Waals surface area (Å²) in [5, 5.41) is 2.07. The van der Waals surface area contributed by atoms with E-state index in [9.17, 15) is 4.79 Å². The van der Waals surface area contributed by atoms with E-state index >= 15 is 0 Å². The van der Waals surface area contributed by atoms with Crippen molar-refractivity contribution in [2.75, 3.05) is 13.7 Å². The highest BCUT2D eigenvalue weighted by Gasteiger charge is 2.07. The molecule has 3 rings (SSSR count). The number of hydrogen-bond donors (Lipinski definition) is 0. The number of hydrogen-bond acceptors (Lipinski definition) is 4. The van der Waals surface area contributed by atoms with E-state index in [1.54, 1.807) is 0 Å². The number of esters is 1. The number of carbonyl (C=O) groups is 1. The number of rotatable bonds is 4. The smallest absolute Gasteiger partial charge is 0.308 e. The Hall–Kier alpha value is -2.49. The molecule has 4 heteroatoms. The van der Waals surface area contributed by atoms with Gasteiger partial charge in [0.1, 0.15) is 16.9 Å². The van der Waals surface area contributed by atoms with Crippen molar-refractivity contribution in [3.8, 4) is 5.75 Å². The van der Waals surface area contributed by atoms with Crippen LogP contribution in [0.15, 0.2) is 46.9 Å². The van der Waals surface area contributed by atoms with Crippen LogP contribution in [0.5, 0.6) is 5.75 Å². The Morgan fingerprint density at radius 2 is 1.90 bits per heavy atom. The number of fused-ring (bicyclic) bond motifs is 3. The highest BCUT2D eigenvalue weighted by molar-refractivity contribution is 6.05. The third-order valence-electron chi connectivity index (χ3n) is 3.15. The molecule has 0 fully saturated rings. The first-order valence-electron chi connectivity index (χ1n) is 6.39. The van der Waals surface area contributed by atoms with Gasteiger partial charge >= 0.3 is 5.97 Å². The van der Waals surface area contributed by atoms with Gasteiger partial charge in [-0.05, 0) is 24.3 Å². The van der Waals surface area contributed by atoms with Crippen LogP contribution in [0, 0.1) is 0 Å². The van der Waals surface area contributed by atoms with Gasteiger partial charge in [0.25, 0.3) is 0 Å². The second-order valence-electron chi connectivity index (χ2n) is 4.43. The zero-order chi connectivity index (χ0) is 13.9. The number of benzene rings is 2. The van der Waals surface area contributed by atoms with Crippen LogP contribution < -0.4 is 4.74 Å². The Labute approximate surface area is 115 Å². The summed E-state index contributed by atoms with van der Waals surface area (Å²) in [7, 11) is 1.37. The monoisotopic (exact) mass is 270 g/mol. The largest absolute Gasteiger partial charge is 0.493 e. The van der Waals surface area contributed by atoms with Gasteiger partial charge < -0.3 is 13.9 Å². The zero-order valence-electron chi connectivity index (χ0n) is 11.1. The Morgan fingerprint density at radius 1 is 1.10 bits per heavy atom. The molecule has 0 aliphatic heterocycles. The number of methoxy groups -OCH3 is 1. The zero-order valence-corrected chi connectivity index (χ0v) is 11.1. The molecule has 20 heavy (non-hydrogen) atoms. The van der Waals surface area contributed by atoms with E-state index in [1.165, 1.54) is 7.11 Å². The quantitative estimate of drug-likeness (QED) is 0.680. The molecule has 0 bridgehead atoms. The molecule has 2 aromatic carbocycles. The fourth-order valence-corrected chi connectivity index (χ4v) is 2.15. The first kappa shape index (κ1) is 12.5. The molecule has 0 spiro atoms. The number of para-hydroxylation sites is 1. The van der Waals surface area contributed by atoms with Crippen molar-refractivity contribution in [1.29, 1.82) is 0 Å². The number of furan rings is 1. The molecule has 0 aliphatic carbocycles. The standard InChI is InChI=1S/C16H14O4/c1-18-16(17)8-9-19-11-6-7-15-13(10-11)12-4-2-3-5-14(12)20-15/h2-7,10H,8-9H2,1H3. The van der Waals surface area contributed by atoms with E-state index in [2.05, 4.69) is 4.74 Å². The van der Waals surface area contributed by atoms with Crippen LogP contribution in [-0.2, 0) is 9.53 Å². The molecule has 0 aliphatic rings. The van der Waals surface area contributed by atoms with Gasteiger partial charge in [-0.3, -0.25) is 4.79 Å². The minimum atomic E-state index is -0.278. The van der Waals surface area contributed by atoms with E-state index in [4.69, 9.17) is 9.15 Å². The Kier molecular flexibility index (Phi) is 3.29. The molecule has 0 atom stereocenters. The van der Waals surface area contributed by atoms with Crippen molar-refractivity contribution in [3.05, 3.63) is 42.5 Å². The molecule has 0 saturated carbocycles. The molecule has 0 radical (unpaired) electrons. The second-order valence-corrected chi connectivity index (χ2v) is 4.43. The van der Waals surface area contributed by atoms with Crippen molar-refractivity contribution < 1.29 is 18.7 Å². The normalized spacial score (nSPS) is 10.8. The van der Waals surface area contributed by atoms with Crippen LogP contribution in [0.3, 0.4) is 0 Å². The van der Waals surface area contributed by atoms with E-state index in [0.29, 0.717) is 12.4 Å². The molecule has 0 saturated heterocycles. The molecule has 1 heterocycles. The lowest BCUT2D eigenvalue weighted by Gasteiger charge is -2.05. The fourth-order valence-electron chi connectivity index (χ4n) is 2.15. The van der Waals surface area contributed by atoms with Crippen LogP contribution in [0.25, 0.3) is 21.9 Å². The van der Waals surface area contributed by atoms with Crippen molar-refractivity contribution >= 4 is 27.9 Å². The van der Waals surface area contributed by atoms with Crippen molar-refractivity contribution in [1.82, 2.24) is 0 Å². The van der Waals surface area contributed by atoms with Gasteiger partial charge in [-0.25, -0.2) is 0 Å². The lowest BCUT2D eigenvalue weighted by molar-refractivity contribution is -0.141. The molecule has 3 aromatic rings. The van der Waals surface area contributed by atoms with E-state index in [-0.39, 0.29) is 12.4 Å². The van der Waals surface area contributed by atoms with Gasteiger partial charge in [0.05, 0.1) is 20.1 Å². The van der Waals surface area contributed by atoms with Gasteiger partial charge in [0.15, 0.2) is 0 Å². The number of carbonyl (C=O) groups excluding carboxylic acids is 1. The van der Waals surface area contributed by atoms with Gasteiger partial charge in [0.2, 0.25) is 0 Å². The van der Waals surface area contributed by atoms with Crippen molar-refractivity contribution in [3.63, 3.8) is 0 Å². The summed E-state index contributed by atoms with van der Waals surface area (Å²) in [6.07, 6.45) is 0.237. The van der Waals surface area contributed by atoms with Crippen LogP contribution in [0.2, 0.25) is 0 Å². The average Bonchev–Trinajstić information content (AvgIpc) is 2.85. The lowest BCUT2D eigenvalue weighted by Crippen LogP contribution is -2.07. The minimum Gasteiger partial charge on any atom is -0.493 e. The topological polar surface area (TPSA) is 48.7 Å². The molecule has 1 aromatic heterocycles. The van der Waals surface area contributed by atoms with E-state index in [0.717, 1.165) is 21.9 Å². The first-order chi connectivity index (χ1) is 9.78. The molecule has 0 unspecified atom stereocenters. The van der Waals surface area contributed by atoms with Gasteiger partial charge in [-0.1, -0.05) is 18.2 Å². The third kappa shape index (κ3) is 2.32. The summed E-state index contributed by atoms with van der Waals surface area (Å²) in [5.41, 5.74) is 1.68. The molecule has 0 N–H and O–H groups in total. The van der Waals surface area contributed by atoms with Gasteiger partial charge in [-0.2, -0.15) is 0 Å². The first-order valence-corrected chi connectivity index (χ1v) is 6.39. The maximum Gasteiger partial charge on any atom is 0.308 e. The predicted molar refractivity (Wildman–Crippen MR) is 75.8 cm³/mol. The predicted octanol–water partition coefficient (Wildman–Crippen LogP) is 3.53. The highest BCUT2D eigenvalue weighted by Crippen LogP contribution is 2.31. The van der Waals surface area contributed by atoms with Crippen LogP contribution in [-0.4, -0.2) is 19.7 Å². The lowest BCUT2D eigenvalue weighted by atomic mass is 10.1. The summed E-state index contributed by atoms with van der Waals surface area (Å²) in [4.78, 5) is 11.0. The minimum absolute atomic E-state index is 0.237. The van der Waals surface area contributed by atoms with Crippen molar-refractivity contribution in [2.24, 2.45) is 0 Å². The fraction of sp³-hybridized carbons (Fsp3) is 0.188. The Balaban J connectivity index is 1.86. The van der Waals surface area contributed by atoms with Gasteiger partial charge in [-0.15, -0.1) is 0 Å². The third-order valence-corrected chi connectivity index (χ3v) is 3.15. The average molecular weight is 270 g/mol. The maximum atomic E-state index is 11.0. The van der Waals surface area contributed by atoms with Crippen molar-refractivity contribution in [2.45, 2.75) is 6.42 Å². The number of ether oxygens (including phenoxy) is 2. The Bertz CT molecular complexity index is 757. The molecular weight excluding hydrogens is 256 g/mol. The summed E-state index contributed by atoms with van der Waals surface area (Å²) < 4.78 is 15.9. The Morgan fingerprint density at radius 3 is 2.75 bits per heavy atom. The summed E-state index contributed by atoms with van der Waals surface area (Å²) in [6.45, 7) is 0.300. The van der Waals surface area contributed by atoms with Crippen LogP contribution in [0.4, 0.5) is 0 Å². The summed E-state index contributed by atoms with van der Waals surface area (Å²) in [5.74, 6) is 0.438. The van der Waals surface area contributed by atoms with E-state index in [1.807, 2.05) is 42.5 Å². The highest BCUT2D eigenvalue weighted by atomic mass is 16.5. The SMILES string of the molecule is COC(=O)CCOc1ccc2oc3ccccc3c2c1. The maximum absolute atomic E-state index is 11.0.